The van der Waals surface area contributed by atoms with Gasteiger partial charge < -0.3 is 11.1 Å². The van der Waals surface area contributed by atoms with E-state index in [0.29, 0.717) is 32.7 Å². The minimum atomic E-state index is -0.358. The van der Waals surface area contributed by atoms with Crippen LogP contribution in [0.3, 0.4) is 0 Å². The van der Waals surface area contributed by atoms with Crippen LogP contribution >= 0.6 is 23.1 Å². The van der Waals surface area contributed by atoms with Crippen molar-refractivity contribution in [3.63, 3.8) is 0 Å². The largest absolute Gasteiger partial charge is 0.383 e. The van der Waals surface area contributed by atoms with Gasteiger partial charge in [0, 0.05) is 16.7 Å². The molecule has 33 heavy (non-hydrogen) atoms. The van der Waals surface area contributed by atoms with Crippen LogP contribution in [0.5, 0.6) is 0 Å². The van der Waals surface area contributed by atoms with Crippen LogP contribution in [0.4, 0.5) is 21.0 Å². The van der Waals surface area contributed by atoms with Gasteiger partial charge in [-0.1, -0.05) is 53.7 Å². The molecule has 0 fully saturated rings. The smallest absolute Gasteiger partial charge is 0.187 e. The summed E-state index contributed by atoms with van der Waals surface area (Å²) in [5.41, 5.74) is 9.94. The van der Waals surface area contributed by atoms with Crippen molar-refractivity contribution in [3.8, 4) is 23.3 Å². The molecule has 2 aromatic carbocycles. The Balaban J connectivity index is 1.61. The van der Waals surface area contributed by atoms with Crippen LogP contribution in [0.1, 0.15) is 22.4 Å². The number of nitrogen functional groups attached to an aromatic ring is 1. The number of thiazole rings is 1. The lowest BCUT2D eigenvalue weighted by molar-refractivity contribution is 0.632. The van der Waals surface area contributed by atoms with E-state index in [1.165, 1.54) is 29.2 Å². The van der Waals surface area contributed by atoms with Crippen molar-refractivity contribution >= 4 is 39.7 Å². The number of halogens is 1. The topological polar surface area (TPSA) is 111 Å². The summed E-state index contributed by atoms with van der Waals surface area (Å²) in [5, 5.41) is 25.4. The number of hydrogen-bond donors (Lipinski definition) is 2. The van der Waals surface area contributed by atoms with Crippen LogP contribution in [0, 0.1) is 35.4 Å². The molecular formula is C24H17FN6S2. The predicted octanol–water partition coefficient (Wildman–Crippen LogP) is 6.01. The second-order valence-electron chi connectivity index (χ2n) is 7.05. The standard InChI is InChI=1S/C24H17FN6S2/c1-14-6-8-15(9-7-14)21-17(10-26)22(28)31-23(18(21)11-27)32-12-16-13-33-24(29-16)30-20-5-3-2-4-19(20)25/h2-9,13H,12H2,1H3,(H2,28,31)(H,29,30). The van der Waals surface area contributed by atoms with E-state index in [1.807, 2.05) is 36.6 Å². The molecule has 0 spiro atoms. The molecule has 0 aliphatic rings. The Labute approximate surface area is 198 Å². The Morgan fingerprint density at radius 1 is 1.06 bits per heavy atom. The minimum absolute atomic E-state index is 0.0785. The van der Waals surface area contributed by atoms with Crippen LogP contribution in [-0.2, 0) is 5.75 Å². The van der Waals surface area contributed by atoms with Crippen LogP contribution in [0.15, 0.2) is 58.9 Å². The molecule has 0 bridgehead atoms. The van der Waals surface area contributed by atoms with Gasteiger partial charge in [-0.05, 0) is 24.6 Å². The molecule has 0 saturated heterocycles. The average Bonchev–Trinajstić information content (AvgIpc) is 3.26. The lowest BCUT2D eigenvalue weighted by Gasteiger charge is -2.13. The molecule has 0 atom stereocenters. The van der Waals surface area contributed by atoms with E-state index in [0.717, 1.165) is 16.8 Å². The van der Waals surface area contributed by atoms with Crippen molar-refractivity contribution in [3.05, 3.63) is 82.1 Å². The fourth-order valence-electron chi connectivity index (χ4n) is 3.16. The molecule has 4 aromatic rings. The van der Waals surface area contributed by atoms with Crippen LogP contribution < -0.4 is 11.1 Å². The minimum Gasteiger partial charge on any atom is -0.383 e. The second kappa shape index (κ2) is 9.70. The van der Waals surface area contributed by atoms with Gasteiger partial charge in [0.25, 0.3) is 0 Å². The maximum Gasteiger partial charge on any atom is 0.187 e. The maximum atomic E-state index is 13.9. The molecule has 0 unspecified atom stereocenters. The number of nitrogens with one attached hydrogen (secondary N) is 1. The summed E-state index contributed by atoms with van der Waals surface area (Å²) in [7, 11) is 0. The van der Waals surface area contributed by atoms with Crippen molar-refractivity contribution < 1.29 is 4.39 Å². The number of rotatable bonds is 6. The van der Waals surface area contributed by atoms with Gasteiger partial charge in [0.2, 0.25) is 0 Å². The number of pyridine rings is 1. The Hall–Kier alpha value is -3.92. The molecule has 0 saturated carbocycles. The van der Waals surface area contributed by atoms with Crippen LogP contribution in [-0.4, -0.2) is 9.97 Å². The zero-order valence-electron chi connectivity index (χ0n) is 17.5. The van der Waals surface area contributed by atoms with Gasteiger partial charge in [0.1, 0.15) is 34.4 Å². The van der Waals surface area contributed by atoms with Gasteiger partial charge in [0.05, 0.1) is 16.9 Å². The SMILES string of the molecule is Cc1ccc(-c2c(C#N)c(N)nc(SCc3csc(Nc4ccccc4F)n3)c2C#N)cc1. The lowest BCUT2D eigenvalue weighted by Crippen LogP contribution is -2.03. The summed E-state index contributed by atoms with van der Waals surface area (Å²) < 4.78 is 13.9. The van der Waals surface area contributed by atoms with Crippen molar-refractivity contribution in [1.29, 1.82) is 10.5 Å². The van der Waals surface area contributed by atoms with E-state index in [9.17, 15) is 14.9 Å². The Morgan fingerprint density at radius 2 is 1.79 bits per heavy atom. The van der Waals surface area contributed by atoms with Crippen LogP contribution in [0.2, 0.25) is 0 Å². The molecule has 3 N–H and O–H groups in total. The molecule has 0 amide bonds. The summed E-state index contributed by atoms with van der Waals surface area (Å²) in [6.45, 7) is 1.96. The summed E-state index contributed by atoms with van der Waals surface area (Å²) in [5.74, 6) is 0.147. The number of para-hydroxylation sites is 1. The van der Waals surface area contributed by atoms with Crippen molar-refractivity contribution in [1.82, 2.24) is 9.97 Å². The number of anilines is 3. The van der Waals surface area contributed by atoms with E-state index in [-0.39, 0.29) is 17.2 Å². The number of nitriles is 2. The highest BCUT2D eigenvalue weighted by molar-refractivity contribution is 7.98. The van der Waals surface area contributed by atoms with Gasteiger partial charge in [0.15, 0.2) is 5.13 Å². The highest BCUT2D eigenvalue weighted by Crippen LogP contribution is 2.37. The predicted molar refractivity (Wildman–Crippen MR) is 130 cm³/mol. The first-order chi connectivity index (χ1) is 16.0. The zero-order valence-corrected chi connectivity index (χ0v) is 19.1. The van der Waals surface area contributed by atoms with Gasteiger partial charge in [-0.2, -0.15) is 10.5 Å². The molecule has 0 aliphatic carbocycles. The summed E-state index contributed by atoms with van der Waals surface area (Å²) in [6, 6.07) is 18.2. The number of nitrogens with zero attached hydrogens (tertiary/aromatic N) is 4. The van der Waals surface area contributed by atoms with Crippen molar-refractivity contribution in [2.24, 2.45) is 0 Å². The molecule has 0 radical (unpaired) electrons. The molecule has 4 rings (SSSR count). The van der Waals surface area contributed by atoms with E-state index in [1.54, 1.807) is 18.2 Å². The number of benzene rings is 2. The fourth-order valence-corrected chi connectivity index (χ4v) is 4.88. The number of thioether (sulfide) groups is 1. The molecular weight excluding hydrogens is 455 g/mol. The Kier molecular flexibility index (Phi) is 6.55. The number of aryl methyl sites for hydroxylation is 1. The van der Waals surface area contributed by atoms with E-state index in [2.05, 4.69) is 27.4 Å². The first kappa shape index (κ1) is 22.3. The lowest BCUT2D eigenvalue weighted by atomic mass is 9.96. The Morgan fingerprint density at radius 3 is 2.48 bits per heavy atom. The fraction of sp³-hybridized carbons (Fsp3) is 0.0833. The molecule has 162 valence electrons. The molecule has 2 aromatic heterocycles. The van der Waals surface area contributed by atoms with Gasteiger partial charge in [-0.15, -0.1) is 11.3 Å². The summed E-state index contributed by atoms with van der Waals surface area (Å²) in [6.07, 6.45) is 0. The van der Waals surface area contributed by atoms with Gasteiger partial charge >= 0.3 is 0 Å². The average molecular weight is 473 g/mol. The molecule has 2 heterocycles. The first-order valence-corrected chi connectivity index (χ1v) is 11.7. The first-order valence-electron chi connectivity index (χ1n) is 9.79. The monoisotopic (exact) mass is 472 g/mol. The van der Waals surface area contributed by atoms with E-state index >= 15 is 0 Å². The third-order valence-electron chi connectivity index (χ3n) is 4.78. The highest BCUT2D eigenvalue weighted by atomic mass is 32.2. The number of hydrogen-bond acceptors (Lipinski definition) is 8. The normalized spacial score (nSPS) is 10.4. The quantitative estimate of drug-likeness (QED) is 0.330. The highest BCUT2D eigenvalue weighted by Gasteiger charge is 2.21. The third-order valence-corrected chi connectivity index (χ3v) is 6.60. The number of nitrogens with two attached hydrogens (primary N) is 1. The van der Waals surface area contributed by atoms with E-state index in [4.69, 9.17) is 5.73 Å². The summed E-state index contributed by atoms with van der Waals surface area (Å²) in [4.78, 5) is 8.82. The van der Waals surface area contributed by atoms with Gasteiger partial charge in [-0.25, -0.2) is 14.4 Å². The second-order valence-corrected chi connectivity index (χ2v) is 8.88. The van der Waals surface area contributed by atoms with Crippen LogP contribution in [0.25, 0.3) is 11.1 Å². The van der Waals surface area contributed by atoms with E-state index < -0.39 is 0 Å². The third kappa shape index (κ3) is 4.80. The van der Waals surface area contributed by atoms with Crippen molar-refractivity contribution in [2.45, 2.75) is 17.7 Å². The summed E-state index contributed by atoms with van der Waals surface area (Å²) >= 11 is 2.67. The molecule has 0 aliphatic heterocycles. The van der Waals surface area contributed by atoms with Crippen molar-refractivity contribution in [2.75, 3.05) is 11.1 Å². The maximum absolute atomic E-state index is 13.9. The zero-order chi connectivity index (χ0) is 23.4. The molecule has 6 nitrogen and oxygen atoms in total. The number of aromatic nitrogens is 2. The molecule has 9 heteroatoms. The van der Waals surface area contributed by atoms with Gasteiger partial charge in [-0.3, -0.25) is 0 Å². The Bertz CT molecular complexity index is 1400.